The standard InChI is InChI=1S/C23H25ClF2N4O4/c24-21-17(2-1-3-18(21)30-10-8-20(31)27-22(30)32)15-4-6-16(7-5-15)28-23(13-34-14-23)9-11-29(33)12-19(25)26/h1-7,19,28,33H,8-14H2,(H,27,31,32). The van der Waals surface area contributed by atoms with E-state index in [4.69, 9.17) is 16.3 Å². The number of urea groups is 1. The summed E-state index contributed by atoms with van der Waals surface area (Å²) in [7, 11) is 0. The van der Waals surface area contributed by atoms with Gasteiger partial charge in [0.25, 0.3) is 6.43 Å². The first kappa shape index (κ1) is 24.3. The van der Waals surface area contributed by atoms with Gasteiger partial charge in [0.05, 0.1) is 36.0 Å². The Morgan fingerprint density at radius 3 is 2.56 bits per heavy atom. The Hall–Kier alpha value is -2.79. The van der Waals surface area contributed by atoms with E-state index in [-0.39, 0.29) is 25.4 Å². The average molecular weight is 495 g/mol. The number of nitrogens with one attached hydrogen (secondary N) is 2. The molecule has 34 heavy (non-hydrogen) atoms. The number of benzene rings is 2. The van der Waals surface area contributed by atoms with E-state index in [0.717, 1.165) is 16.8 Å². The predicted molar refractivity (Wildman–Crippen MR) is 124 cm³/mol. The number of carbonyl (C=O) groups is 2. The van der Waals surface area contributed by atoms with Gasteiger partial charge in [-0.2, -0.15) is 5.06 Å². The van der Waals surface area contributed by atoms with Gasteiger partial charge in [0.2, 0.25) is 5.91 Å². The van der Waals surface area contributed by atoms with Crippen LogP contribution in [0.5, 0.6) is 0 Å². The number of hydroxylamine groups is 2. The van der Waals surface area contributed by atoms with Crippen LogP contribution in [-0.2, 0) is 9.53 Å². The summed E-state index contributed by atoms with van der Waals surface area (Å²) in [4.78, 5) is 25.1. The maximum Gasteiger partial charge on any atom is 0.328 e. The Morgan fingerprint density at radius 1 is 1.21 bits per heavy atom. The number of carbonyl (C=O) groups excluding carboxylic acids is 2. The molecular weight excluding hydrogens is 470 g/mol. The Labute approximate surface area is 200 Å². The molecule has 2 aromatic rings. The van der Waals surface area contributed by atoms with Crippen LogP contribution in [0.15, 0.2) is 42.5 Å². The lowest BCUT2D eigenvalue weighted by molar-refractivity contribution is -0.132. The SMILES string of the molecule is O=C1CCN(c2cccc(-c3ccc(NC4(CCN(O)CC(F)F)COC4)cc3)c2Cl)C(=O)N1. The number of rotatable bonds is 9. The summed E-state index contributed by atoms with van der Waals surface area (Å²) >= 11 is 6.64. The molecule has 3 amide bonds. The zero-order valence-corrected chi connectivity index (χ0v) is 19.0. The van der Waals surface area contributed by atoms with Gasteiger partial charge in [0, 0.05) is 30.8 Å². The molecule has 2 saturated heterocycles. The first-order valence-electron chi connectivity index (χ1n) is 10.8. The van der Waals surface area contributed by atoms with Crippen molar-refractivity contribution in [1.82, 2.24) is 10.4 Å². The summed E-state index contributed by atoms with van der Waals surface area (Å²) in [5, 5.41) is 16.3. The van der Waals surface area contributed by atoms with Crippen molar-refractivity contribution < 1.29 is 28.3 Å². The number of hydrogen-bond donors (Lipinski definition) is 3. The molecule has 0 atom stereocenters. The lowest BCUT2D eigenvalue weighted by Gasteiger charge is -2.43. The minimum Gasteiger partial charge on any atom is -0.376 e. The molecule has 0 bridgehead atoms. The summed E-state index contributed by atoms with van der Waals surface area (Å²) in [6.45, 7) is 0.470. The molecule has 0 aromatic heterocycles. The number of nitrogens with zero attached hydrogens (tertiary/aromatic N) is 2. The molecule has 2 heterocycles. The molecule has 3 N–H and O–H groups in total. The Balaban J connectivity index is 1.45. The van der Waals surface area contributed by atoms with E-state index in [1.165, 1.54) is 4.90 Å². The van der Waals surface area contributed by atoms with Crippen LogP contribution < -0.4 is 15.5 Å². The zero-order valence-electron chi connectivity index (χ0n) is 18.3. The number of imide groups is 1. The van der Waals surface area contributed by atoms with Crippen LogP contribution in [0, 0.1) is 0 Å². The van der Waals surface area contributed by atoms with Crippen molar-refractivity contribution in [2.24, 2.45) is 0 Å². The third-order valence-corrected chi connectivity index (χ3v) is 6.28. The minimum absolute atomic E-state index is 0.0941. The van der Waals surface area contributed by atoms with Gasteiger partial charge in [0.1, 0.15) is 0 Å². The number of anilines is 2. The smallest absolute Gasteiger partial charge is 0.328 e. The van der Waals surface area contributed by atoms with Crippen molar-refractivity contribution >= 4 is 34.9 Å². The number of hydrogen-bond acceptors (Lipinski definition) is 6. The molecule has 8 nitrogen and oxygen atoms in total. The van der Waals surface area contributed by atoms with Gasteiger partial charge in [-0.1, -0.05) is 35.9 Å². The highest BCUT2D eigenvalue weighted by molar-refractivity contribution is 6.36. The molecule has 0 spiro atoms. The fourth-order valence-electron chi connectivity index (χ4n) is 4.01. The van der Waals surface area contributed by atoms with E-state index in [1.54, 1.807) is 12.1 Å². The Bertz CT molecular complexity index is 1050. The van der Waals surface area contributed by atoms with Crippen LogP contribution in [0.2, 0.25) is 5.02 Å². The monoisotopic (exact) mass is 494 g/mol. The van der Waals surface area contributed by atoms with Crippen molar-refractivity contribution in [2.75, 3.05) is 43.1 Å². The van der Waals surface area contributed by atoms with E-state index >= 15 is 0 Å². The lowest BCUT2D eigenvalue weighted by Crippen LogP contribution is -2.57. The molecule has 0 unspecified atom stereocenters. The number of amides is 3. The van der Waals surface area contributed by atoms with E-state index in [2.05, 4.69) is 10.6 Å². The van der Waals surface area contributed by atoms with Crippen LogP contribution in [0.3, 0.4) is 0 Å². The normalized spacial score (nSPS) is 17.6. The highest BCUT2D eigenvalue weighted by atomic mass is 35.5. The molecule has 2 aromatic carbocycles. The van der Waals surface area contributed by atoms with Crippen molar-refractivity contribution in [3.8, 4) is 11.1 Å². The summed E-state index contributed by atoms with van der Waals surface area (Å²) in [5.41, 5.74) is 2.46. The fourth-order valence-corrected chi connectivity index (χ4v) is 4.34. The second kappa shape index (κ2) is 10.2. The lowest BCUT2D eigenvalue weighted by atomic mass is 9.92. The minimum atomic E-state index is -2.60. The number of halogens is 3. The molecule has 2 fully saturated rings. The van der Waals surface area contributed by atoms with Gasteiger partial charge in [-0.3, -0.25) is 15.0 Å². The van der Waals surface area contributed by atoms with E-state index < -0.39 is 24.5 Å². The van der Waals surface area contributed by atoms with Crippen LogP contribution in [0.1, 0.15) is 12.8 Å². The van der Waals surface area contributed by atoms with Gasteiger partial charge in [-0.15, -0.1) is 0 Å². The van der Waals surface area contributed by atoms with Crippen molar-refractivity contribution in [2.45, 2.75) is 24.8 Å². The van der Waals surface area contributed by atoms with Crippen LogP contribution in [-0.4, -0.2) is 67.0 Å². The molecule has 0 saturated carbocycles. The highest BCUT2D eigenvalue weighted by Gasteiger charge is 2.38. The Morgan fingerprint density at radius 2 is 1.94 bits per heavy atom. The summed E-state index contributed by atoms with van der Waals surface area (Å²) in [5.74, 6) is -0.313. The fraction of sp³-hybridized carbons (Fsp3) is 0.391. The molecule has 4 rings (SSSR count). The quantitative estimate of drug-likeness (QED) is 0.456. The molecule has 11 heteroatoms. The molecule has 0 aliphatic carbocycles. The second-order valence-electron chi connectivity index (χ2n) is 8.42. The van der Waals surface area contributed by atoms with Crippen LogP contribution in [0.4, 0.5) is 25.0 Å². The first-order valence-corrected chi connectivity index (χ1v) is 11.2. The zero-order chi connectivity index (χ0) is 24.3. The van der Waals surface area contributed by atoms with Gasteiger partial charge in [-0.05, 0) is 30.2 Å². The summed E-state index contributed by atoms with van der Waals surface area (Å²) in [6, 6.07) is 12.4. The summed E-state index contributed by atoms with van der Waals surface area (Å²) in [6.07, 6.45) is -1.96. The molecule has 182 valence electrons. The Kier molecular flexibility index (Phi) is 7.32. The van der Waals surface area contributed by atoms with Crippen LogP contribution in [0.25, 0.3) is 11.1 Å². The third kappa shape index (κ3) is 5.47. The van der Waals surface area contributed by atoms with Crippen LogP contribution >= 0.6 is 11.6 Å². The maximum atomic E-state index is 12.4. The van der Waals surface area contributed by atoms with Gasteiger partial charge in [-0.25, -0.2) is 13.6 Å². The van der Waals surface area contributed by atoms with Gasteiger partial charge >= 0.3 is 6.03 Å². The van der Waals surface area contributed by atoms with Crippen molar-refractivity contribution in [3.63, 3.8) is 0 Å². The predicted octanol–water partition coefficient (Wildman–Crippen LogP) is 3.98. The number of alkyl halides is 2. The molecule has 2 aliphatic heterocycles. The summed E-state index contributed by atoms with van der Waals surface area (Å²) < 4.78 is 30.2. The number of ether oxygens (including phenoxy) is 1. The molecule has 0 radical (unpaired) electrons. The topological polar surface area (TPSA) is 94.1 Å². The van der Waals surface area contributed by atoms with E-state index in [9.17, 15) is 23.6 Å². The van der Waals surface area contributed by atoms with Gasteiger partial charge in [0.15, 0.2) is 0 Å². The highest BCUT2D eigenvalue weighted by Crippen LogP contribution is 2.37. The maximum absolute atomic E-state index is 12.4. The van der Waals surface area contributed by atoms with E-state index in [0.29, 0.717) is 35.4 Å². The first-order chi connectivity index (χ1) is 16.3. The largest absolute Gasteiger partial charge is 0.376 e. The average Bonchev–Trinajstić information content (AvgIpc) is 2.76. The van der Waals surface area contributed by atoms with Crippen molar-refractivity contribution in [1.29, 1.82) is 0 Å². The van der Waals surface area contributed by atoms with Gasteiger partial charge < -0.3 is 15.3 Å². The van der Waals surface area contributed by atoms with E-state index in [1.807, 2.05) is 30.3 Å². The van der Waals surface area contributed by atoms with Crippen molar-refractivity contribution in [3.05, 3.63) is 47.5 Å². The molecule has 2 aliphatic rings. The molecular formula is C23H25ClF2N4O4. The second-order valence-corrected chi connectivity index (χ2v) is 8.80. The third-order valence-electron chi connectivity index (χ3n) is 5.88.